The first-order valence-corrected chi connectivity index (χ1v) is 8.69. The van der Waals surface area contributed by atoms with Crippen molar-refractivity contribution >= 4 is 11.8 Å². The summed E-state index contributed by atoms with van der Waals surface area (Å²) in [5.41, 5.74) is -1.46. The van der Waals surface area contributed by atoms with Crippen molar-refractivity contribution in [2.24, 2.45) is 5.92 Å². The molecule has 0 aliphatic rings. The maximum absolute atomic E-state index is 13.8. The zero-order valence-corrected chi connectivity index (χ0v) is 15.6. The van der Waals surface area contributed by atoms with Crippen LogP contribution in [0.5, 0.6) is 0 Å². The lowest BCUT2D eigenvalue weighted by molar-refractivity contribution is -0.137. The van der Waals surface area contributed by atoms with Gasteiger partial charge in [-0.15, -0.1) is 0 Å². The molecule has 0 saturated carbocycles. The number of benzene rings is 2. The maximum Gasteiger partial charge on any atom is 0.416 e. The fourth-order valence-corrected chi connectivity index (χ4v) is 2.62. The lowest BCUT2D eigenvalue weighted by Crippen LogP contribution is -2.49. The van der Waals surface area contributed by atoms with E-state index >= 15 is 0 Å². The molecule has 0 bridgehead atoms. The molecular weight excluding hydrogens is 395 g/mol. The third-order valence-corrected chi connectivity index (χ3v) is 4.15. The Bertz CT molecular complexity index is 876. The highest BCUT2D eigenvalue weighted by Gasteiger charge is 2.31. The second-order valence-corrected chi connectivity index (χ2v) is 6.71. The van der Waals surface area contributed by atoms with E-state index in [4.69, 9.17) is 0 Å². The highest BCUT2D eigenvalue weighted by atomic mass is 19.4. The van der Waals surface area contributed by atoms with Gasteiger partial charge in [-0.1, -0.05) is 32.0 Å². The molecule has 2 aromatic carbocycles. The van der Waals surface area contributed by atoms with Crippen molar-refractivity contribution in [3.63, 3.8) is 0 Å². The van der Waals surface area contributed by atoms with E-state index in [-0.39, 0.29) is 12.1 Å². The van der Waals surface area contributed by atoms with Crippen molar-refractivity contribution in [3.8, 4) is 0 Å². The quantitative estimate of drug-likeness (QED) is 0.701. The van der Waals surface area contributed by atoms with Crippen LogP contribution in [0.1, 0.15) is 35.3 Å². The predicted molar refractivity (Wildman–Crippen MR) is 95.7 cm³/mol. The SMILES string of the molecule is CC(C)[C@@H](NC(=O)c1c(F)cccc1F)C(=O)NCc1cccc(C(F)(F)F)c1. The molecule has 0 aromatic heterocycles. The first-order chi connectivity index (χ1) is 13.5. The molecule has 2 aromatic rings. The minimum absolute atomic E-state index is 0.210. The molecule has 1 atom stereocenters. The molecule has 0 unspecified atom stereocenters. The molecule has 0 radical (unpaired) electrons. The Morgan fingerprint density at radius 2 is 1.59 bits per heavy atom. The van der Waals surface area contributed by atoms with Gasteiger partial charge in [0.1, 0.15) is 23.2 Å². The summed E-state index contributed by atoms with van der Waals surface area (Å²) in [5.74, 6) is -4.39. The third kappa shape index (κ3) is 5.75. The van der Waals surface area contributed by atoms with Crippen LogP contribution >= 0.6 is 0 Å². The molecule has 2 rings (SSSR count). The van der Waals surface area contributed by atoms with Crippen molar-refractivity contribution < 1.29 is 31.5 Å². The standard InChI is InChI=1S/C20H19F5N2O2/c1-11(2)17(27-18(28)16-14(21)7-4-8-15(16)22)19(29)26-10-12-5-3-6-13(9-12)20(23,24)25/h3-9,11,17H,10H2,1-2H3,(H,26,29)(H,27,28)/t17-/m1/s1. The number of rotatable bonds is 6. The Hall–Kier alpha value is -2.97. The van der Waals surface area contributed by atoms with E-state index in [1.807, 2.05) is 0 Å². The van der Waals surface area contributed by atoms with Crippen LogP contribution in [0.25, 0.3) is 0 Å². The Labute approximate surface area is 164 Å². The fraction of sp³-hybridized carbons (Fsp3) is 0.300. The van der Waals surface area contributed by atoms with Crippen LogP contribution in [0.2, 0.25) is 0 Å². The van der Waals surface area contributed by atoms with Crippen molar-refractivity contribution in [2.75, 3.05) is 0 Å². The first-order valence-electron chi connectivity index (χ1n) is 8.69. The first kappa shape index (κ1) is 22.3. The highest BCUT2D eigenvalue weighted by molar-refractivity contribution is 5.98. The molecule has 2 N–H and O–H groups in total. The Kier molecular flexibility index (Phi) is 6.94. The minimum atomic E-state index is -4.52. The van der Waals surface area contributed by atoms with Crippen molar-refractivity contribution in [1.82, 2.24) is 10.6 Å². The largest absolute Gasteiger partial charge is 0.416 e. The normalized spacial score (nSPS) is 12.6. The predicted octanol–water partition coefficient (Wildman–Crippen LogP) is 4.05. The zero-order chi connectivity index (χ0) is 21.8. The number of carbonyl (C=O) groups is 2. The van der Waals surface area contributed by atoms with Crippen LogP contribution in [-0.4, -0.2) is 17.9 Å². The van der Waals surface area contributed by atoms with Crippen LogP contribution in [0.15, 0.2) is 42.5 Å². The molecule has 0 spiro atoms. The van der Waals surface area contributed by atoms with Crippen molar-refractivity contribution in [3.05, 3.63) is 70.8 Å². The van der Waals surface area contributed by atoms with Gasteiger partial charge in [0.2, 0.25) is 5.91 Å². The Balaban J connectivity index is 2.09. The summed E-state index contributed by atoms with van der Waals surface area (Å²) in [5, 5.41) is 4.71. The molecule has 2 amide bonds. The van der Waals surface area contributed by atoms with Gasteiger partial charge in [0.15, 0.2) is 0 Å². The summed E-state index contributed by atoms with van der Waals surface area (Å²) < 4.78 is 65.9. The monoisotopic (exact) mass is 414 g/mol. The number of hydrogen-bond acceptors (Lipinski definition) is 2. The summed E-state index contributed by atoms with van der Waals surface area (Å²) >= 11 is 0. The summed E-state index contributed by atoms with van der Waals surface area (Å²) in [4.78, 5) is 24.7. The molecule has 29 heavy (non-hydrogen) atoms. The van der Waals surface area contributed by atoms with E-state index in [9.17, 15) is 31.5 Å². The zero-order valence-electron chi connectivity index (χ0n) is 15.6. The van der Waals surface area contributed by atoms with E-state index in [1.165, 1.54) is 12.1 Å². The third-order valence-electron chi connectivity index (χ3n) is 4.15. The van der Waals surface area contributed by atoms with Crippen molar-refractivity contribution in [1.29, 1.82) is 0 Å². The van der Waals surface area contributed by atoms with E-state index in [0.29, 0.717) is 0 Å². The van der Waals surface area contributed by atoms with E-state index < -0.39 is 52.7 Å². The molecule has 0 aliphatic carbocycles. The number of hydrogen-bond donors (Lipinski definition) is 2. The Morgan fingerprint density at radius 1 is 1.00 bits per heavy atom. The second kappa shape index (κ2) is 9.02. The number of halogens is 5. The van der Waals surface area contributed by atoms with Gasteiger partial charge in [0.25, 0.3) is 5.91 Å². The molecule has 156 valence electrons. The van der Waals surface area contributed by atoms with Gasteiger partial charge in [-0.2, -0.15) is 13.2 Å². The summed E-state index contributed by atoms with van der Waals surface area (Å²) in [7, 11) is 0. The summed E-state index contributed by atoms with van der Waals surface area (Å²) in [6, 6.07) is 6.21. The summed E-state index contributed by atoms with van der Waals surface area (Å²) in [6.07, 6.45) is -4.52. The van der Waals surface area contributed by atoms with Crippen LogP contribution < -0.4 is 10.6 Å². The molecule has 0 fully saturated rings. The van der Waals surface area contributed by atoms with E-state index in [1.54, 1.807) is 13.8 Å². The molecule has 4 nitrogen and oxygen atoms in total. The van der Waals surface area contributed by atoms with Gasteiger partial charge < -0.3 is 10.6 Å². The van der Waals surface area contributed by atoms with Gasteiger partial charge in [0, 0.05) is 6.54 Å². The number of carbonyl (C=O) groups excluding carboxylic acids is 2. The topological polar surface area (TPSA) is 58.2 Å². The average Bonchev–Trinajstić information content (AvgIpc) is 2.63. The van der Waals surface area contributed by atoms with Gasteiger partial charge in [-0.25, -0.2) is 8.78 Å². The van der Waals surface area contributed by atoms with Gasteiger partial charge in [0.05, 0.1) is 5.56 Å². The number of alkyl halides is 3. The summed E-state index contributed by atoms with van der Waals surface area (Å²) in [6.45, 7) is 2.99. The fourth-order valence-electron chi connectivity index (χ4n) is 2.62. The second-order valence-electron chi connectivity index (χ2n) is 6.71. The van der Waals surface area contributed by atoms with E-state index in [0.717, 1.165) is 30.3 Å². The molecule has 0 heterocycles. The van der Waals surface area contributed by atoms with Gasteiger partial charge >= 0.3 is 6.18 Å². The van der Waals surface area contributed by atoms with Crippen LogP contribution in [-0.2, 0) is 17.5 Å². The van der Waals surface area contributed by atoms with E-state index in [2.05, 4.69) is 10.6 Å². The highest BCUT2D eigenvalue weighted by Crippen LogP contribution is 2.29. The molecule has 9 heteroatoms. The average molecular weight is 414 g/mol. The lowest BCUT2D eigenvalue weighted by atomic mass is 10.0. The Morgan fingerprint density at radius 3 is 2.14 bits per heavy atom. The van der Waals surface area contributed by atoms with Crippen LogP contribution in [0.4, 0.5) is 22.0 Å². The minimum Gasteiger partial charge on any atom is -0.350 e. The maximum atomic E-state index is 13.8. The molecule has 0 aliphatic heterocycles. The smallest absolute Gasteiger partial charge is 0.350 e. The van der Waals surface area contributed by atoms with Gasteiger partial charge in [-0.05, 0) is 35.7 Å². The number of nitrogens with one attached hydrogen (secondary N) is 2. The number of amides is 2. The van der Waals surface area contributed by atoms with Crippen LogP contribution in [0, 0.1) is 17.6 Å². The van der Waals surface area contributed by atoms with Crippen LogP contribution in [0.3, 0.4) is 0 Å². The molecular formula is C20H19F5N2O2. The lowest BCUT2D eigenvalue weighted by Gasteiger charge is -2.22. The molecule has 0 saturated heterocycles. The van der Waals surface area contributed by atoms with Gasteiger partial charge in [-0.3, -0.25) is 9.59 Å². The van der Waals surface area contributed by atoms with Crippen molar-refractivity contribution in [2.45, 2.75) is 32.6 Å².